The maximum absolute atomic E-state index is 13.2. The van der Waals surface area contributed by atoms with Gasteiger partial charge in [0.05, 0.1) is 16.0 Å². The molecule has 1 aromatic carbocycles. The van der Waals surface area contributed by atoms with Crippen LogP contribution in [0.1, 0.15) is 41.7 Å². The number of amides is 2. The fourth-order valence-corrected chi connectivity index (χ4v) is 6.82. The molecule has 0 spiro atoms. The Hall–Kier alpha value is -2.91. The summed E-state index contributed by atoms with van der Waals surface area (Å²) in [7, 11) is 0. The number of carbonyl (C=O) groups is 3. The van der Waals surface area contributed by atoms with Gasteiger partial charge in [0, 0.05) is 37.4 Å². The second kappa shape index (κ2) is 12.1. The molecule has 2 amide bonds. The van der Waals surface area contributed by atoms with Crippen molar-refractivity contribution in [3.8, 4) is 11.1 Å². The number of thiocarbonyl (C=S) groups is 1. The fraction of sp³-hybridized carbons (Fsp3) is 0.385. The SMILES string of the molecule is O=C(O)C[C@H]1CCCN(C(=O)CCN2C(=O)/C(=C/c3cc(-c4cc(C(F)(F)F)cc(C(F)(F)F)c4)cs3)SC2=S)C1. The van der Waals surface area contributed by atoms with E-state index >= 15 is 0 Å². The van der Waals surface area contributed by atoms with Crippen LogP contribution in [-0.4, -0.2) is 56.6 Å². The molecular formula is C26H22F6N2O4S3. The molecule has 0 bridgehead atoms. The average Bonchev–Trinajstić information content (AvgIpc) is 3.45. The van der Waals surface area contributed by atoms with Gasteiger partial charge in [0.1, 0.15) is 4.32 Å². The highest BCUT2D eigenvalue weighted by Gasteiger charge is 2.37. The molecule has 6 nitrogen and oxygen atoms in total. The zero-order valence-corrected chi connectivity index (χ0v) is 23.5. The summed E-state index contributed by atoms with van der Waals surface area (Å²) >= 11 is 7.30. The van der Waals surface area contributed by atoms with Crippen LogP contribution in [0.25, 0.3) is 17.2 Å². The van der Waals surface area contributed by atoms with Gasteiger partial charge in [-0.3, -0.25) is 19.3 Å². The lowest BCUT2D eigenvalue weighted by Gasteiger charge is -2.32. The van der Waals surface area contributed by atoms with E-state index in [-0.39, 0.29) is 57.6 Å². The maximum Gasteiger partial charge on any atom is 0.416 e. The first-order chi connectivity index (χ1) is 19.1. The topological polar surface area (TPSA) is 77.9 Å². The molecule has 0 saturated carbocycles. The van der Waals surface area contributed by atoms with Crippen LogP contribution in [0.15, 0.2) is 34.6 Å². The van der Waals surface area contributed by atoms with E-state index in [1.807, 2.05) is 0 Å². The van der Waals surface area contributed by atoms with Gasteiger partial charge < -0.3 is 10.0 Å². The lowest BCUT2D eigenvalue weighted by Crippen LogP contribution is -2.42. The monoisotopic (exact) mass is 636 g/mol. The molecule has 1 N–H and O–H groups in total. The Kier molecular flexibility index (Phi) is 9.19. The van der Waals surface area contributed by atoms with Gasteiger partial charge in [0.25, 0.3) is 5.91 Å². The Morgan fingerprint density at radius 1 is 1.05 bits per heavy atom. The number of aliphatic carboxylic acids is 1. The summed E-state index contributed by atoms with van der Waals surface area (Å²) < 4.78 is 79.7. The molecule has 2 fully saturated rings. The van der Waals surface area contributed by atoms with E-state index in [4.69, 9.17) is 17.3 Å². The zero-order valence-electron chi connectivity index (χ0n) is 21.1. The van der Waals surface area contributed by atoms with E-state index in [1.54, 1.807) is 4.90 Å². The van der Waals surface area contributed by atoms with Crippen molar-refractivity contribution >= 4 is 63.5 Å². The summed E-state index contributed by atoms with van der Waals surface area (Å²) in [5.41, 5.74) is -2.99. The lowest BCUT2D eigenvalue weighted by molar-refractivity contribution is -0.143. The minimum absolute atomic E-state index is 0.0141. The third-order valence-corrected chi connectivity index (χ3v) is 8.83. The minimum atomic E-state index is -4.97. The summed E-state index contributed by atoms with van der Waals surface area (Å²) in [6, 6.07) is 2.74. The number of thiophene rings is 1. The number of carbonyl (C=O) groups excluding carboxylic acids is 2. The number of alkyl halides is 6. The standard InChI is InChI=1S/C26H22F6N2O4S3/c27-25(28,29)17-7-15(8-18(10-17)26(30,31)32)16-9-19(40-13-16)11-20-23(38)34(24(39)41-20)5-3-21(35)33-4-1-2-14(12-33)6-22(36)37/h7-11,13-14H,1-6,12H2,(H,36,37)/b20-11-/t14-/m1/s1. The second-order valence-corrected chi connectivity index (χ2v) is 12.2. The van der Waals surface area contributed by atoms with Gasteiger partial charge in [-0.1, -0.05) is 24.0 Å². The van der Waals surface area contributed by atoms with Crippen LogP contribution in [0, 0.1) is 5.92 Å². The number of carboxylic acid groups (broad SMARTS) is 1. The van der Waals surface area contributed by atoms with Crippen molar-refractivity contribution in [2.24, 2.45) is 5.92 Å². The zero-order chi connectivity index (χ0) is 30.1. The van der Waals surface area contributed by atoms with Gasteiger partial charge in [-0.25, -0.2) is 0 Å². The van der Waals surface area contributed by atoms with Crippen molar-refractivity contribution in [2.75, 3.05) is 19.6 Å². The van der Waals surface area contributed by atoms with E-state index < -0.39 is 35.4 Å². The van der Waals surface area contributed by atoms with Crippen molar-refractivity contribution in [1.82, 2.24) is 9.80 Å². The van der Waals surface area contributed by atoms with Crippen LogP contribution < -0.4 is 0 Å². The van der Waals surface area contributed by atoms with Crippen molar-refractivity contribution in [2.45, 2.75) is 38.0 Å². The van der Waals surface area contributed by atoms with E-state index in [1.165, 1.54) is 22.4 Å². The van der Waals surface area contributed by atoms with Crippen LogP contribution in [0.4, 0.5) is 26.3 Å². The van der Waals surface area contributed by atoms with Gasteiger partial charge in [-0.05, 0) is 65.6 Å². The normalized spacial score (nSPS) is 19.4. The summed E-state index contributed by atoms with van der Waals surface area (Å²) in [4.78, 5) is 40.2. The molecule has 3 heterocycles. The van der Waals surface area contributed by atoms with E-state index in [0.29, 0.717) is 36.5 Å². The third-order valence-electron chi connectivity index (χ3n) is 6.57. The first-order valence-electron chi connectivity index (χ1n) is 12.2. The van der Waals surface area contributed by atoms with Gasteiger partial charge in [-0.15, -0.1) is 11.3 Å². The van der Waals surface area contributed by atoms with Gasteiger partial charge >= 0.3 is 18.3 Å². The summed E-state index contributed by atoms with van der Waals surface area (Å²) in [6.45, 7) is 0.853. The Bertz CT molecular complexity index is 1370. The molecule has 1 atom stereocenters. The second-order valence-electron chi connectivity index (χ2n) is 9.56. The minimum Gasteiger partial charge on any atom is -0.481 e. The molecule has 0 radical (unpaired) electrons. The number of piperidine rings is 1. The molecule has 41 heavy (non-hydrogen) atoms. The predicted molar refractivity (Wildman–Crippen MR) is 146 cm³/mol. The first-order valence-corrected chi connectivity index (χ1v) is 14.4. The molecule has 15 heteroatoms. The highest BCUT2D eigenvalue weighted by molar-refractivity contribution is 8.26. The summed E-state index contributed by atoms with van der Waals surface area (Å²) in [5.74, 6) is -1.74. The number of thioether (sulfide) groups is 1. The highest BCUT2D eigenvalue weighted by Crippen LogP contribution is 2.40. The maximum atomic E-state index is 13.2. The number of benzene rings is 1. The molecule has 1 aromatic heterocycles. The molecule has 2 saturated heterocycles. The number of halogens is 6. The van der Waals surface area contributed by atoms with Crippen LogP contribution in [0.3, 0.4) is 0 Å². The molecular weight excluding hydrogens is 614 g/mol. The largest absolute Gasteiger partial charge is 0.481 e. The number of carboxylic acids is 1. The quantitative estimate of drug-likeness (QED) is 0.206. The Morgan fingerprint density at radius 2 is 1.71 bits per heavy atom. The molecule has 0 unspecified atom stereocenters. The number of rotatable bonds is 7. The summed E-state index contributed by atoms with van der Waals surface area (Å²) in [5, 5.41) is 10.4. The molecule has 0 aliphatic carbocycles. The summed E-state index contributed by atoms with van der Waals surface area (Å²) in [6.07, 6.45) is -7.12. The molecule has 4 rings (SSSR count). The number of hydrogen-bond acceptors (Lipinski definition) is 6. The number of hydrogen-bond donors (Lipinski definition) is 1. The van der Waals surface area contributed by atoms with Crippen LogP contribution >= 0.6 is 35.3 Å². The van der Waals surface area contributed by atoms with Gasteiger partial charge in [0.15, 0.2) is 0 Å². The molecule has 220 valence electrons. The van der Waals surface area contributed by atoms with Crippen molar-refractivity contribution < 1.29 is 45.8 Å². The Morgan fingerprint density at radius 3 is 2.32 bits per heavy atom. The van der Waals surface area contributed by atoms with Crippen molar-refractivity contribution in [3.63, 3.8) is 0 Å². The molecule has 2 aliphatic rings. The molecule has 2 aliphatic heterocycles. The fourth-order valence-electron chi connectivity index (χ4n) is 4.59. The number of nitrogens with zero attached hydrogens (tertiary/aromatic N) is 2. The predicted octanol–water partition coefficient (Wildman–Crippen LogP) is 6.76. The van der Waals surface area contributed by atoms with Gasteiger partial charge in [0.2, 0.25) is 5.91 Å². The van der Waals surface area contributed by atoms with Crippen molar-refractivity contribution in [1.29, 1.82) is 0 Å². The van der Waals surface area contributed by atoms with E-state index in [9.17, 15) is 40.7 Å². The molecule has 2 aromatic rings. The van der Waals surface area contributed by atoms with Crippen LogP contribution in [-0.2, 0) is 26.7 Å². The lowest BCUT2D eigenvalue weighted by atomic mass is 9.94. The van der Waals surface area contributed by atoms with Gasteiger partial charge in [-0.2, -0.15) is 26.3 Å². The smallest absolute Gasteiger partial charge is 0.416 e. The third kappa shape index (κ3) is 7.68. The van der Waals surface area contributed by atoms with Crippen LogP contribution in [0.2, 0.25) is 0 Å². The first kappa shape index (κ1) is 31.0. The average molecular weight is 637 g/mol. The van der Waals surface area contributed by atoms with E-state index in [2.05, 4.69) is 0 Å². The van der Waals surface area contributed by atoms with Crippen LogP contribution in [0.5, 0.6) is 0 Å². The Labute approximate surface area is 244 Å². The van der Waals surface area contributed by atoms with E-state index in [0.717, 1.165) is 29.5 Å². The van der Waals surface area contributed by atoms with Crippen molar-refractivity contribution in [3.05, 3.63) is 50.6 Å². The highest BCUT2D eigenvalue weighted by atomic mass is 32.2. The Balaban J connectivity index is 1.45. The number of likely N-dealkylation sites (tertiary alicyclic amines) is 1.